The lowest BCUT2D eigenvalue weighted by atomic mass is 10.1. The molecule has 82 valence electrons. The molecule has 0 heterocycles. The summed E-state index contributed by atoms with van der Waals surface area (Å²) in [5.41, 5.74) is 0.473. The molecule has 0 radical (unpaired) electrons. The molecule has 0 aliphatic heterocycles. The van der Waals surface area contributed by atoms with Crippen LogP contribution in [0.5, 0.6) is 0 Å². The van der Waals surface area contributed by atoms with Crippen LogP contribution >= 0.6 is 15.9 Å². The minimum Gasteiger partial charge on any atom is -0.325 e. The van der Waals surface area contributed by atoms with Gasteiger partial charge in [0.2, 0.25) is 5.91 Å². The van der Waals surface area contributed by atoms with Crippen LogP contribution in [-0.2, 0) is 4.79 Å². The first-order valence-corrected chi connectivity index (χ1v) is 5.59. The van der Waals surface area contributed by atoms with Gasteiger partial charge in [-0.25, -0.2) is 4.39 Å². The summed E-state index contributed by atoms with van der Waals surface area (Å²) in [5.74, 6) is -0.526. The average Bonchev–Trinajstić information content (AvgIpc) is 2.22. The van der Waals surface area contributed by atoms with Crippen molar-refractivity contribution in [1.82, 2.24) is 0 Å². The number of rotatable bonds is 3. The number of anilines is 1. The van der Waals surface area contributed by atoms with Crippen LogP contribution in [0.1, 0.15) is 20.3 Å². The van der Waals surface area contributed by atoms with E-state index in [-0.39, 0.29) is 17.6 Å². The molecule has 0 saturated carbocycles. The molecule has 0 fully saturated rings. The van der Waals surface area contributed by atoms with Gasteiger partial charge in [-0.3, -0.25) is 4.79 Å². The van der Waals surface area contributed by atoms with Gasteiger partial charge in [0.05, 0.1) is 5.69 Å². The van der Waals surface area contributed by atoms with E-state index in [2.05, 4.69) is 21.2 Å². The van der Waals surface area contributed by atoms with Gasteiger partial charge in [0.25, 0.3) is 0 Å². The second-order valence-corrected chi connectivity index (χ2v) is 4.28. The first-order valence-electron chi connectivity index (χ1n) is 4.80. The van der Waals surface area contributed by atoms with Gasteiger partial charge in [0.15, 0.2) is 0 Å². The lowest BCUT2D eigenvalue weighted by molar-refractivity contribution is -0.119. The highest BCUT2D eigenvalue weighted by Gasteiger charge is 2.12. The summed E-state index contributed by atoms with van der Waals surface area (Å²) in [6.45, 7) is 3.77. The highest BCUT2D eigenvalue weighted by atomic mass is 79.9. The molecule has 2 nitrogen and oxygen atoms in total. The highest BCUT2D eigenvalue weighted by molar-refractivity contribution is 9.10. The molecule has 1 unspecified atom stereocenters. The van der Waals surface area contributed by atoms with Gasteiger partial charge in [0, 0.05) is 10.4 Å². The number of amides is 1. The van der Waals surface area contributed by atoms with Crippen molar-refractivity contribution in [2.45, 2.75) is 20.3 Å². The van der Waals surface area contributed by atoms with Gasteiger partial charge in [-0.05, 0) is 40.5 Å². The van der Waals surface area contributed by atoms with Crippen molar-refractivity contribution in [3.05, 3.63) is 28.5 Å². The summed E-state index contributed by atoms with van der Waals surface area (Å²) < 4.78 is 13.6. The van der Waals surface area contributed by atoms with Crippen LogP contribution in [-0.4, -0.2) is 5.91 Å². The molecule has 1 rings (SSSR count). The Morgan fingerprint density at radius 3 is 2.87 bits per heavy atom. The van der Waals surface area contributed by atoms with Crippen LogP contribution in [0.25, 0.3) is 0 Å². The van der Waals surface area contributed by atoms with Gasteiger partial charge in [0.1, 0.15) is 5.82 Å². The molecule has 0 aliphatic carbocycles. The smallest absolute Gasteiger partial charge is 0.227 e. The first-order chi connectivity index (χ1) is 7.04. The molecule has 0 saturated heterocycles. The second kappa shape index (κ2) is 5.26. The standard InChI is InChI=1S/C11H13BrFNO/c1-3-7(2)11(15)14-10-6-8(13)4-5-9(10)12/h4-7H,3H2,1-2H3,(H,14,15). The maximum absolute atomic E-state index is 12.9. The molecule has 4 heteroatoms. The zero-order valence-corrected chi connectivity index (χ0v) is 10.3. The zero-order chi connectivity index (χ0) is 11.4. The number of halogens is 2. The number of carbonyl (C=O) groups is 1. The monoisotopic (exact) mass is 273 g/mol. The third-order valence-electron chi connectivity index (χ3n) is 2.25. The molecular weight excluding hydrogens is 261 g/mol. The third kappa shape index (κ3) is 3.30. The van der Waals surface area contributed by atoms with Crippen LogP contribution in [0.2, 0.25) is 0 Å². The average molecular weight is 274 g/mol. The third-order valence-corrected chi connectivity index (χ3v) is 2.94. The zero-order valence-electron chi connectivity index (χ0n) is 8.68. The molecule has 0 spiro atoms. The first kappa shape index (κ1) is 12.2. The second-order valence-electron chi connectivity index (χ2n) is 3.42. The van der Waals surface area contributed by atoms with E-state index in [4.69, 9.17) is 0 Å². The molecule has 0 aliphatic rings. The summed E-state index contributed by atoms with van der Waals surface area (Å²) in [6, 6.07) is 4.20. The summed E-state index contributed by atoms with van der Waals surface area (Å²) >= 11 is 3.25. The Morgan fingerprint density at radius 1 is 1.60 bits per heavy atom. The molecule has 1 atom stereocenters. The fraction of sp³-hybridized carbons (Fsp3) is 0.364. The van der Waals surface area contributed by atoms with Gasteiger partial charge in [-0.2, -0.15) is 0 Å². The molecule has 1 aromatic rings. The summed E-state index contributed by atoms with van der Waals surface area (Å²) in [4.78, 5) is 11.6. The number of nitrogens with one attached hydrogen (secondary N) is 1. The maximum Gasteiger partial charge on any atom is 0.227 e. The molecule has 15 heavy (non-hydrogen) atoms. The predicted molar refractivity (Wildman–Crippen MR) is 62.2 cm³/mol. The van der Waals surface area contributed by atoms with Crippen molar-refractivity contribution in [1.29, 1.82) is 0 Å². The quantitative estimate of drug-likeness (QED) is 0.896. The molecular formula is C11H13BrFNO. The minimum atomic E-state index is -0.363. The highest BCUT2D eigenvalue weighted by Crippen LogP contribution is 2.23. The Bertz CT molecular complexity index is 368. The molecule has 1 N–H and O–H groups in total. The molecule has 1 aromatic carbocycles. The number of hydrogen-bond acceptors (Lipinski definition) is 1. The van der Waals surface area contributed by atoms with Crippen LogP contribution < -0.4 is 5.32 Å². The van der Waals surface area contributed by atoms with E-state index >= 15 is 0 Å². The van der Waals surface area contributed by atoms with E-state index in [9.17, 15) is 9.18 Å². The molecule has 0 bridgehead atoms. The Kier molecular flexibility index (Phi) is 4.27. The fourth-order valence-corrected chi connectivity index (χ4v) is 1.38. The van der Waals surface area contributed by atoms with E-state index in [1.54, 1.807) is 6.07 Å². The topological polar surface area (TPSA) is 29.1 Å². The maximum atomic E-state index is 12.9. The van der Waals surface area contributed by atoms with Crippen LogP contribution in [0.3, 0.4) is 0 Å². The Labute approximate surface area is 97.0 Å². The number of benzene rings is 1. The SMILES string of the molecule is CCC(C)C(=O)Nc1cc(F)ccc1Br. The van der Waals surface area contributed by atoms with Gasteiger partial charge in [-0.15, -0.1) is 0 Å². The number of hydrogen-bond donors (Lipinski definition) is 1. The van der Waals surface area contributed by atoms with Crippen molar-refractivity contribution < 1.29 is 9.18 Å². The Hall–Kier alpha value is -0.900. The predicted octanol–water partition coefficient (Wildman–Crippen LogP) is 3.57. The van der Waals surface area contributed by atoms with E-state index in [1.165, 1.54) is 12.1 Å². The van der Waals surface area contributed by atoms with Crippen molar-refractivity contribution in [3.63, 3.8) is 0 Å². The summed E-state index contributed by atoms with van der Waals surface area (Å²) in [6.07, 6.45) is 0.763. The van der Waals surface area contributed by atoms with E-state index in [0.29, 0.717) is 10.2 Å². The fourth-order valence-electron chi connectivity index (χ4n) is 1.03. The Balaban J connectivity index is 2.80. The van der Waals surface area contributed by atoms with Gasteiger partial charge < -0.3 is 5.32 Å². The van der Waals surface area contributed by atoms with Crippen LogP contribution in [0.15, 0.2) is 22.7 Å². The van der Waals surface area contributed by atoms with E-state index in [1.807, 2.05) is 13.8 Å². The van der Waals surface area contributed by atoms with Crippen LogP contribution in [0.4, 0.5) is 10.1 Å². The van der Waals surface area contributed by atoms with Gasteiger partial charge >= 0.3 is 0 Å². The lowest BCUT2D eigenvalue weighted by Crippen LogP contribution is -2.19. The molecule has 1 amide bonds. The van der Waals surface area contributed by atoms with E-state index in [0.717, 1.165) is 6.42 Å². The largest absolute Gasteiger partial charge is 0.325 e. The van der Waals surface area contributed by atoms with Gasteiger partial charge in [-0.1, -0.05) is 13.8 Å². The van der Waals surface area contributed by atoms with Crippen molar-refractivity contribution >= 4 is 27.5 Å². The normalized spacial score (nSPS) is 12.3. The summed E-state index contributed by atoms with van der Waals surface area (Å²) in [5, 5.41) is 2.68. The van der Waals surface area contributed by atoms with Crippen molar-refractivity contribution in [3.8, 4) is 0 Å². The minimum absolute atomic E-state index is 0.0693. The van der Waals surface area contributed by atoms with Crippen LogP contribution in [0, 0.1) is 11.7 Å². The van der Waals surface area contributed by atoms with E-state index < -0.39 is 0 Å². The summed E-state index contributed by atoms with van der Waals surface area (Å²) in [7, 11) is 0. The lowest BCUT2D eigenvalue weighted by Gasteiger charge is -2.11. The number of carbonyl (C=O) groups excluding carboxylic acids is 1. The Morgan fingerprint density at radius 2 is 2.27 bits per heavy atom. The van der Waals surface area contributed by atoms with Crippen molar-refractivity contribution in [2.24, 2.45) is 5.92 Å². The molecule has 0 aromatic heterocycles. The van der Waals surface area contributed by atoms with Crippen molar-refractivity contribution in [2.75, 3.05) is 5.32 Å².